The average Bonchev–Trinajstić information content (AvgIpc) is 2.70. The molecule has 2 aromatic carbocycles. The summed E-state index contributed by atoms with van der Waals surface area (Å²) in [6, 6.07) is 19.2. The molecule has 2 heterocycles. The maximum atomic E-state index is 9.45. The van der Waals surface area contributed by atoms with E-state index in [4.69, 9.17) is 22.1 Å². The van der Waals surface area contributed by atoms with Gasteiger partial charge in [0, 0.05) is 29.6 Å². The van der Waals surface area contributed by atoms with Gasteiger partial charge in [0.25, 0.3) is 0 Å². The summed E-state index contributed by atoms with van der Waals surface area (Å²) in [5.74, 6) is 2.14. The first-order valence-electron chi connectivity index (χ1n) is 8.66. The molecule has 0 unspecified atom stereocenters. The molecule has 4 N–H and O–H groups in total. The van der Waals surface area contributed by atoms with Crippen molar-refractivity contribution in [2.45, 2.75) is 0 Å². The molecule has 0 aliphatic rings. The summed E-state index contributed by atoms with van der Waals surface area (Å²) in [5.41, 5.74) is 8.13. The summed E-state index contributed by atoms with van der Waals surface area (Å²) < 4.78 is 5.75. The molecule has 0 saturated heterocycles. The number of nitrogens with two attached hydrogens (primary N) is 1. The van der Waals surface area contributed by atoms with E-state index in [9.17, 15) is 5.11 Å². The van der Waals surface area contributed by atoms with Gasteiger partial charge in [-0.2, -0.15) is 4.98 Å². The summed E-state index contributed by atoms with van der Waals surface area (Å²) in [6.45, 7) is 0. The Hall–Kier alpha value is -3.84. The second kappa shape index (κ2) is 8.04. The van der Waals surface area contributed by atoms with Gasteiger partial charge in [0.05, 0.1) is 5.69 Å². The Morgan fingerprint density at radius 1 is 0.897 bits per heavy atom. The third-order valence-corrected chi connectivity index (χ3v) is 4.17. The van der Waals surface area contributed by atoms with Crippen LogP contribution in [0.2, 0.25) is 5.15 Å². The van der Waals surface area contributed by atoms with Gasteiger partial charge in [-0.3, -0.25) is 0 Å². The number of nitrogens with zero attached hydrogens (tertiary/aromatic N) is 3. The number of phenols is 1. The first-order chi connectivity index (χ1) is 14.0. The standard InChI is InChI=1S/C21H16ClN5O2/c22-19-11-17(9-10-24-19)29-16-7-3-14(4-8-16)25-20-12-18(26-21(23)27-20)13-1-5-15(28)6-2-13/h1-12,28H,(H3,23,25,26,27). The van der Waals surface area contributed by atoms with Crippen molar-refractivity contribution < 1.29 is 9.84 Å². The maximum Gasteiger partial charge on any atom is 0.222 e. The quantitative estimate of drug-likeness (QED) is 0.400. The molecule has 29 heavy (non-hydrogen) atoms. The van der Waals surface area contributed by atoms with Gasteiger partial charge in [-0.1, -0.05) is 11.6 Å². The summed E-state index contributed by atoms with van der Waals surface area (Å²) in [7, 11) is 0. The van der Waals surface area contributed by atoms with Gasteiger partial charge in [0.15, 0.2) is 0 Å². The number of aromatic nitrogens is 3. The van der Waals surface area contributed by atoms with Crippen LogP contribution in [0.1, 0.15) is 0 Å². The minimum atomic E-state index is 0.146. The van der Waals surface area contributed by atoms with E-state index in [0.717, 1.165) is 11.3 Å². The summed E-state index contributed by atoms with van der Waals surface area (Å²) in [4.78, 5) is 12.4. The van der Waals surface area contributed by atoms with E-state index in [2.05, 4.69) is 20.3 Å². The van der Waals surface area contributed by atoms with Crippen molar-refractivity contribution >= 4 is 29.1 Å². The third-order valence-electron chi connectivity index (χ3n) is 3.97. The number of nitrogens with one attached hydrogen (secondary N) is 1. The van der Waals surface area contributed by atoms with Gasteiger partial charge in [0.1, 0.15) is 28.2 Å². The van der Waals surface area contributed by atoms with Crippen LogP contribution in [0.3, 0.4) is 0 Å². The van der Waals surface area contributed by atoms with Gasteiger partial charge in [-0.05, 0) is 54.6 Å². The molecule has 4 aromatic rings. The van der Waals surface area contributed by atoms with Crippen molar-refractivity contribution in [2.24, 2.45) is 0 Å². The number of anilines is 3. The zero-order valence-corrected chi connectivity index (χ0v) is 15.8. The molecule has 0 amide bonds. The Morgan fingerprint density at radius 3 is 2.38 bits per heavy atom. The molecule has 0 spiro atoms. The molecule has 0 bridgehead atoms. The van der Waals surface area contributed by atoms with E-state index in [1.807, 2.05) is 24.3 Å². The molecular weight excluding hydrogens is 390 g/mol. The first-order valence-corrected chi connectivity index (χ1v) is 9.03. The highest BCUT2D eigenvalue weighted by Crippen LogP contribution is 2.27. The Labute approximate surface area is 171 Å². The Kier molecular flexibility index (Phi) is 5.13. The number of benzene rings is 2. The fourth-order valence-electron chi connectivity index (χ4n) is 2.65. The minimum Gasteiger partial charge on any atom is -0.508 e. The Morgan fingerprint density at radius 2 is 1.66 bits per heavy atom. The van der Waals surface area contributed by atoms with Crippen LogP contribution in [0.25, 0.3) is 11.3 Å². The van der Waals surface area contributed by atoms with Crippen LogP contribution in [0, 0.1) is 0 Å². The molecule has 8 heteroatoms. The van der Waals surface area contributed by atoms with Crippen LogP contribution in [0.5, 0.6) is 17.2 Å². The van der Waals surface area contributed by atoms with E-state index in [-0.39, 0.29) is 11.7 Å². The number of hydrogen-bond acceptors (Lipinski definition) is 7. The molecular formula is C21H16ClN5O2. The number of rotatable bonds is 5. The van der Waals surface area contributed by atoms with Crippen LogP contribution in [-0.2, 0) is 0 Å². The minimum absolute atomic E-state index is 0.146. The second-order valence-electron chi connectivity index (χ2n) is 6.11. The van der Waals surface area contributed by atoms with E-state index in [0.29, 0.717) is 28.2 Å². The van der Waals surface area contributed by atoms with E-state index in [1.54, 1.807) is 48.7 Å². The smallest absolute Gasteiger partial charge is 0.222 e. The second-order valence-corrected chi connectivity index (χ2v) is 6.50. The van der Waals surface area contributed by atoms with Gasteiger partial charge < -0.3 is 20.9 Å². The molecule has 4 rings (SSSR count). The highest BCUT2D eigenvalue weighted by atomic mass is 35.5. The van der Waals surface area contributed by atoms with E-state index >= 15 is 0 Å². The van der Waals surface area contributed by atoms with Gasteiger partial charge >= 0.3 is 0 Å². The van der Waals surface area contributed by atoms with Crippen LogP contribution >= 0.6 is 11.6 Å². The number of nitrogen functional groups attached to an aromatic ring is 1. The van der Waals surface area contributed by atoms with Gasteiger partial charge in [0.2, 0.25) is 5.95 Å². The lowest BCUT2D eigenvalue weighted by Crippen LogP contribution is -2.01. The molecule has 0 saturated carbocycles. The predicted molar refractivity (Wildman–Crippen MR) is 113 cm³/mol. The molecule has 0 atom stereocenters. The molecule has 0 fully saturated rings. The largest absolute Gasteiger partial charge is 0.508 e. The van der Waals surface area contributed by atoms with Crippen molar-refractivity contribution in [3.63, 3.8) is 0 Å². The number of aromatic hydroxyl groups is 1. The molecule has 2 aromatic heterocycles. The van der Waals surface area contributed by atoms with Crippen molar-refractivity contribution in [2.75, 3.05) is 11.1 Å². The highest BCUT2D eigenvalue weighted by molar-refractivity contribution is 6.29. The predicted octanol–water partition coefficient (Wildman–Crippen LogP) is 5.02. The molecule has 144 valence electrons. The fraction of sp³-hybridized carbons (Fsp3) is 0. The summed E-state index contributed by atoms with van der Waals surface area (Å²) in [6.07, 6.45) is 1.58. The SMILES string of the molecule is Nc1nc(Nc2ccc(Oc3ccnc(Cl)c3)cc2)cc(-c2ccc(O)cc2)n1. The zero-order chi connectivity index (χ0) is 20.2. The molecule has 0 aliphatic carbocycles. The lowest BCUT2D eigenvalue weighted by molar-refractivity contribution is 0.475. The number of halogens is 1. The van der Waals surface area contributed by atoms with Gasteiger partial charge in [-0.15, -0.1) is 0 Å². The topological polar surface area (TPSA) is 106 Å². The Balaban J connectivity index is 1.51. The van der Waals surface area contributed by atoms with Crippen LogP contribution in [0.15, 0.2) is 72.9 Å². The molecule has 7 nitrogen and oxygen atoms in total. The first kappa shape index (κ1) is 18.5. The number of ether oxygens (including phenoxy) is 1. The van der Waals surface area contributed by atoms with Crippen LogP contribution in [0.4, 0.5) is 17.5 Å². The third kappa shape index (κ3) is 4.72. The average molecular weight is 406 g/mol. The summed E-state index contributed by atoms with van der Waals surface area (Å²) >= 11 is 5.87. The highest BCUT2D eigenvalue weighted by Gasteiger charge is 2.06. The molecule has 0 radical (unpaired) electrons. The Bertz CT molecular complexity index is 1130. The van der Waals surface area contributed by atoms with Crippen molar-refractivity contribution in [3.8, 4) is 28.5 Å². The number of phenolic OH excluding ortho intramolecular Hbond substituents is 1. The molecule has 0 aliphatic heterocycles. The fourth-order valence-corrected chi connectivity index (χ4v) is 2.81. The maximum absolute atomic E-state index is 9.45. The van der Waals surface area contributed by atoms with Crippen LogP contribution in [-0.4, -0.2) is 20.1 Å². The van der Waals surface area contributed by atoms with E-state index < -0.39 is 0 Å². The normalized spacial score (nSPS) is 10.5. The lowest BCUT2D eigenvalue weighted by atomic mass is 10.1. The number of pyridine rings is 1. The van der Waals surface area contributed by atoms with Crippen molar-refractivity contribution in [3.05, 3.63) is 78.1 Å². The van der Waals surface area contributed by atoms with Crippen molar-refractivity contribution in [1.29, 1.82) is 0 Å². The number of hydrogen-bond donors (Lipinski definition) is 3. The lowest BCUT2D eigenvalue weighted by Gasteiger charge is -2.10. The van der Waals surface area contributed by atoms with Crippen LogP contribution < -0.4 is 15.8 Å². The van der Waals surface area contributed by atoms with E-state index in [1.165, 1.54) is 0 Å². The zero-order valence-electron chi connectivity index (χ0n) is 15.1. The van der Waals surface area contributed by atoms with Gasteiger partial charge in [-0.25, -0.2) is 9.97 Å². The van der Waals surface area contributed by atoms with Crippen molar-refractivity contribution in [1.82, 2.24) is 15.0 Å². The monoisotopic (exact) mass is 405 g/mol. The summed E-state index contributed by atoms with van der Waals surface area (Å²) in [5, 5.41) is 13.0.